The molecule has 0 spiro atoms. The molecule has 0 nitrogen and oxygen atoms in total. The first-order valence-corrected chi connectivity index (χ1v) is 5.62. The lowest BCUT2D eigenvalue weighted by Gasteiger charge is -1.99. The van der Waals surface area contributed by atoms with E-state index in [1.54, 1.807) is 0 Å². The Hall–Kier alpha value is -0.780. The van der Waals surface area contributed by atoms with Gasteiger partial charge in [0.05, 0.1) is 0 Å². The smallest absolute Gasteiger partial charge is 0.0288 e. The monoisotopic (exact) mass is 192 g/mol. The van der Waals surface area contributed by atoms with Crippen molar-refractivity contribution in [2.24, 2.45) is 0 Å². The predicted molar refractivity (Wildman–Crippen MR) is 66.5 cm³/mol. The van der Waals surface area contributed by atoms with Gasteiger partial charge in [-0.3, -0.25) is 0 Å². The van der Waals surface area contributed by atoms with Crippen LogP contribution in [0, 0.1) is 0 Å². The molecule has 0 saturated carbocycles. The number of rotatable bonds is 7. The van der Waals surface area contributed by atoms with E-state index in [1.807, 2.05) is 6.08 Å². The lowest BCUT2D eigenvalue weighted by molar-refractivity contribution is 0.927. The predicted octanol–water partition coefficient (Wildman–Crippen LogP) is 5.04. The van der Waals surface area contributed by atoms with E-state index in [1.165, 1.54) is 30.4 Å². The molecule has 0 heterocycles. The van der Waals surface area contributed by atoms with Crippen molar-refractivity contribution in [3.8, 4) is 0 Å². The van der Waals surface area contributed by atoms with Crippen molar-refractivity contribution in [3.05, 3.63) is 36.0 Å². The van der Waals surface area contributed by atoms with Gasteiger partial charge in [-0.1, -0.05) is 36.3 Å². The Bertz CT molecular complexity index is 206. The molecule has 0 unspecified atom stereocenters. The summed E-state index contributed by atoms with van der Waals surface area (Å²) >= 11 is 0. The maximum atomic E-state index is 3.72. The van der Waals surface area contributed by atoms with Gasteiger partial charge in [0.2, 0.25) is 0 Å². The number of hydrogen-bond acceptors (Lipinski definition) is 0. The minimum absolute atomic E-state index is 1.10. The summed E-state index contributed by atoms with van der Waals surface area (Å²) in [7, 11) is 0. The molecule has 0 N–H and O–H groups in total. The van der Waals surface area contributed by atoms with Crippen molar-refractivity contribution in [1.82, 2.24) is 0 Å². The van der Waals surface area contributed by atoms with E-state index in [2.05, 4.69) is 39.5 Å². The van der Waals surface area contributed by atoms with Crippen molar-refractivity contribution >= 4 is 0 Å². The normalized spacial score (nSPS) is 13.1. The molecule has 0 heteroatoms. The van der Waals surface area contributed by atoms with Crippen LogP contribution in [0.1, 0.15) is 52.9 Å². The third-order valence-electron chi connectivity index (χ3n) is 2.45. The summed E-state index contributed by atoms with van der Waals surface area (Å²) in [4.78, 5) is 0. The van der Waals surface area contributed by atoms with E-state index in [0.717, 1.165) is 12.8 Å². The van der Waals surface area contributed by atoms with Crippen LogP contribution in [0.25, 0.3) is 0 Å². The molecule has 0 aromatic heterocycles. The SMILES string of the molecule is C=CCC/C=C(\C)CC/C=C(\C)CC. The van der Waals surface area contributed by atoms with E-state index in [4.69, 9.17) is 0 Å². The van der Waals surface area contributed by atoms with Gasteiger partial charge in [0.1, 0.15) is 0 Å². The molecule has 0 aromatic carbocycles. The number of allylic oxidation sites excluding steroid dienone is 5. The van der Waals surface area contributed by atoms with Crippen LogP contribution in [-0.4, -0.2) is 0 Å². The maximum Gasteiger partial charge on any atom is -0.0288 e. The lowest BCUT2D eigenvalue weighted by Crippen LogP contribution is -1.78. The van der Waals surface area contributed by atoms with Crippen LogP contribution in [0.2, 0.25) is 0 Å². The van der Waals surface area contributed by atoms with Gasteiger partial charge < -0.3 is 0 Å². The van der Waals surface area contributed by atoms with Gasteiger partial charge in [0.15, 0.2) is 0 Å². The summed E-state index contributed by atoms with van der Waals surface area (Å²) in [6.45, 7) is 10.3. The Morgan fingerprint density at radius 2 is 1.64 bits per heavy atom. The fraction of sp³-hybridized carbons (Fsp3) is 0.571. The molecule has 80 valence electrons. The van der Waals surface area contributed by atoms with Crippen LogP contribution in [0.15, 0.2) is 36.0 Å². The Morgan fingerprint density at radius 3 is 2.21 bits per heavy atom. The Labute approximate surface area is 89.4 Å². The van der Waals surface area contributed by atoms with Gasteiger partial charge in [-0.2, -0.15) is 0 Å². The summed E-state index contributed by atoms with van der Waals surface area (Å²) in [5, 5.41) is 0. The number of hydrogen-bond donors (Lipinski definition) is 0. The second-order valence-electron chi connectivity index (χ2n) is 3.86. The summed E-state index contributed by atoms with van der Waals surface area (Å²) in [6, 6.07) is 0. The molecule has 0 aliphatic heterocycles. The first kappa shape index (κ1) is 13.2. The first-order valence-electron chi connectivity index (χ1n) is 5.62. The van der Waals surface area contributed by atoms with Crippen molar-refractivity contribution < 1.29 is 0 Å². The quantitative estimate of drug-likeness (QED) is 0.392. The van der Waals surface area contributed by atoms with E-state index in [9.17, 15) is 0 Å². The fourth-order valence-corrected chi connectivity index (χ4v) is 1.24. The minimum atomic E-state index is 1.10. The first-order chi connectivity index (χ1) is 6.70. The van der Waals surface area contributed by atoms with Gasteiger partial charge in [-0.25, -0.2) is 0 Å². The third kappa shape index (κ3) is 7.85. The standard InChI is InChI=1S/C14H24/c1-5-7-8-10-14(4)12-9-11-13(3)6-2/h5,10-11H,1,6-9,12H2,2-4H3/b13-11+,14-10+. The highest BCUT2D eigenvalue weighted by Crippen LogP contribution is 2.09. The molecule has 0 amide bonds. The summed E-state index contributed by atoms with van der Waals surface area (Å²) in [5.41, 5.74) is 3.01. The zero-order valence-electron chi connectivity index (χ0n) is 9.97. The van der Waals surface area contributed by atoms with E-state index in [-0.39, 0.29) is 0 Å². The van der Waals surface area contributed by atoms with E-state index >= 15 is 0 Å². The molecule has 0 atom stereocenters. The van der Waals surface area contributed by atoms with Crippen molar-refractivity contribution in [2.75, 3.05) is 0 Å². The molecule has 0 radical (unpaired) electrons. The number of unbranched alkanes of at least 4 members (excludes halogenated alkanes) is 1. The molecule has 0 bridgehead atoms. The topological polar surface area (TPSA) is 0 Å². The highest BCUT2D eigenvalue weighted by atomic mass is 14.0. The molecule has 0 aliphatic carbocycles. The van der Waals surface area contributed by atoms with Gasteiger partial charge >= 0.3 is 0 Å². The van der Waals surface area contributed by atoms with Crippen molar-refractivity contribution in [2.45, 2.75) is 52.9 Å². The zero-order chi connectivity index (χ0) is 10.8. The van der Waals surface area contributed by atoms with Gasteiger partial charge in [0.25, 0.3) is 0 Å². The summed E-state index contributed by atoms with van der Waals surface area (Å²) in [6.07, 6.45) is 12.5. The molecule has 14 heavy (non-hydrogen) atoms. The molecule has 0 aromatic rings. The molecule has 0 saturated heterocycles. The van der Waals surface area contributed by atoms with Crippen LogP contribution in [0.5, 0.6) is 0 Å². The summed E-state index contributed by atoms with van der Waals surface area (Å²) in [5.74, 6) is 0. The second-order valence-corrected chi connectivity index (χ2v) is 3.86. The highest BCUT2D eigenvalue weighted by molar-refractivity contribution is 5.03. The minimum Gasteiger partial charge on any atom is -0.103 e. The second kappa shape index (κ2) is 8.80. The molecule has 0 aliphatic rings. The average molecular weight is 192 g/mol. The average Bonchev–Trinajstić information content (AvgIpc) is 2.18. The third-order valence-corrected chi connectivity index (χ3v) is 2.45. The Morgan fingerprint density at radius 1 is 1.00 bits per heavy atom. The fourth-order valence-electron chi connectivity index (χ4n) is 1.24. The maximum absolute atomic E-state index is 3.72. The van der Waals surface area contributed by atoms with Crippen molar-refractivity contribution in [1.29, 1.82) is 0 Å². The largest absolute Gasteiger partial charge is 0.103 e. The van der Waals surface area contributed by atoms with Crippen LogP contribution in [0.4, 0.5) is 0 Å². The van der Waals surface area contributed by atoms with E-state index < -0.39 is 0 Å². The van der Waals surface area contributed by atoms with Crippen molar-refractivity contribution in [3.63, 3.8) is 0 Å². The Balaban J connectivity index is 3.67. The van der Waals surface area contributed by atoms with Crippen LogP contribution in [-0.2, 0) is 0 Å². The van der Waals surface area contributed by atoms with Gasteiger partial charge in [-0.05, 0) is 46.0 Å². The Kier molecular flexibility index (Phi) is 8.31. The van der Waals surface area contributed by atoms with Gasteiger partial charge in [0, 0.05) is 0 Å². The lowest BCUT2D eigenvalue weighted by atomic mass is 10.1. The highest BCUT2D eigenvalue weighted by Gasteiger charge is 1.89. The van der Waals surface area contributed by atoms with E-state index in [0.29, 0.717) is 0 Å². The van der Waals surface area contributed by atoms with Crippen LogP contribution < -0.4 is 0 Å². The molecular weight excluding hydrogens is 168 g/mol. The molecule has 0 fully saturated rings. The van der Waals surface area contributed by atoms with Gasteiger partial charge in [-0.15, -0.1) is 6.58 Å². The molecule has 0 rings (SSSR count). The molecular formula is C14H24. The van der Waals surface area contributed by atoms with Crippen LogP contribution >= 0.6 is 0 Å². The van der Waals surface area contributed by atoms with Crippen LogP contribution in [0.3, 0.4) is 0 Å². The zero-order valence-corrected chi connectivity index (χ0v) is 9.97. The summed E-state index contributed by atoms with van der Waals surface area (Å²) < 4.78 is 0.